The predicted molar refractivity (Wildman–Crippen MR) is 56.9 cm³/mol. The van der Waals surface area contributed by atoms with Gasteiger partial charge in [-0.3, -0.25) is 4.79 Å². The summed E-state index contributed by atoms with van der Waals surface area (Å²) in [5.74, 6) is 0.963. The third-order valence-corrected chi connectivity index (χ3v) is 3.44. The second-order valence-corrected chi connectivity index (χ2v) is 4.36. The van der Waals surface area contributed by atoms with Gasteiger partial charge in [-0.15, -0.1) is 0 Å². The van der Waals surface area contributed by atoms with Crippen molar-refractivity contribution in [3.63, 3.8) is 0 Å². The van der Waals surface area contributed by atoms with E-state index in [1.54, 1.807) is 11.8 Å². The van der Waals surface area contributed by atoms with Crippen molar-refractivity contribution in [2.75, 3.05) is 5.75 Å². The molecule has 2 heterocycles. The van der Waals surface area contributed by atoms with E-state index in [0.717, 1.165) is 22.8 Å². The zero-order valence-corrected chi connectivity index (χ0v) is 8.26. The molecule has 0 saturated carbocycles. The van der Waals surface area contributed by atoms with Gasteiger partial charge in [-0.1, -0.05) is 23.9 Å². The summed E-state index contributed by atoms with van der Waals surface area (Å²) >= 11 is 1.63. The molecule has 1 aromatic carbocycles. The summed E-state index contributed by atoms with van der Waals surface area (Å²) in [6.45, 7) is 0. The van der Waals surface area contributed by atoms with E-state index in [0.29, 0.717) is 11.0 Å². The minimum Gasteiger partial charge on any atom is -0.449 e. The Morgan fingerprint density at radius 1 is 1.29 bits per heavy atom. The van der Waals surface area contributed by atoms with Gasteiger partial charge >= 0.3 is 0 Å². The average Bonchev–Trinajstić information content (AvgIpc) is 2.66. The van der Waals surface area contributed by atoms with Crippen molar-refractivity contribution >= 4 is 22.7 Å². The van der Waals surface area contributed by atoms with Crippen LogP contribution in [0.3, 0.4) is 0 Å². The molecule has 1 aliphatic heterocycles. The molecule has 0 saturated heterocycles. The van der Waals surface area contributed by atoms with Crippen molar-refractivity contribution < 1.29 is 4.42 Å². The highest BCUT2D eigenvalue weighted by Crippen LogP contribution is 2.31. The Bertz CT molecular complexity index is 557. The molecule has 1 aromatic heterocycles. The number of rotatable bonds is 0. The monoisotopic (exact) mass is 204 g/mol. The second kappa shape index (κ2) is 2.89. The van der Waals surface area contributed by atoms with E-state index in [1.165, 1.54) is 0 Å². The molecule has 0 atom stereocenters. The molecule has 0 unspecified atom stereocenters. The van der Waals surface area contributed by atoms with Crippen molar-refractivity contribution in [1.29, 1.82) is 0 Å². The number of hydrogen-bond donors (Lipinski definition) is 0. The molecule has 0 N–H and O–H groups in total. The van der Waals surface area contributed by atoms with Gasteiger partial charge in [-0.25, -0.2) is 0 Å². The van der Waals surface area contributed by atoms with E-state index in [-0.39, 0.29) is 5.43 Å². The van der Waals surface area contributed by atoms with Crippen LogP contribution >= 0.6 is 11.8 Å². The quantitative estimate of drug-likeness (QED) is 0.660. The predicted octanol–water partition coefficient (Wildman–Crippen LogP) is 2.44. The molecular weight excluding hydrogens is 196 g/mol. The highest BCUT2D eigenvalue weighted by molar-refractivity contribution is 7.99. The molecular formula is C11H8O2S. The first-order chi connectivity index (χ1) is 6.86. The smallest absolute Gasteiger partial charge is 0.197 e. The zero-order chi connectivity index (χ0) is 9.54. The molecule has 1 aliphatic rings. The van der Waals surface area contributed by atoms with Crippen LogP contribution in [-0.2, 0) is 6.42 Å². The number of para-hydroxylation sites is 1. The minimum absolute atomic E-state index is 0.145. The maximum atomic E-state index is 11.9. The van der Waals surface area contributed by atoms with E-state index in [1.807, 2.05) is 24.3 Å². The third kappa shape index (κ3) is 1.02. The van der Waals surface area contributed by atoms with Gasteiger partial charge < -0.3 is 4.42 Å². The van der Waals surface area contributed by atoms with E-state index >= 15 is 0 Å². The van der Waals surface area contributed by atoms with Crippen molar-refractivity contribution in [1.82, 2.24) is 0 Å². The summed E-state index contributed by atoms with van der Waals surface area (Å²) < 4.78 is 5.65. The Morgan fingerprint density at radius 2 is 2.14 bits per heavy atom. The average molecular weight is 204 g/mol. The maximum absolute atomic E-state index is 11.9. The standard InChI is InChI=1S/C11H8O2S/c12-10-7-3-1-2-4-9(7)13-11-8(10)5-6-14-11/h1-4H,5-6H2. The van der Waals surface area contributed by atoms with Crippen LogP contribution in [0.5, 0.6) is 0 Å². The fourth-order valence-electron chi connectivity index (χ4n) is 1.74. The summed E-state index contributed by atoms with van der Waals surface area (Å²) in [6.07, 6.45) is 0.840. The highest BCUT2D eigenvalue weighted by Gasteiger charge is 2.19. The number of fused-ring (bicyclic) bond motifs is 2. The Kier molecular flexibility index (Phi) is 1.67. The summed E-state index contributed by atoms with van der Waals surface area (Å²) in [5, 5.41) is 1.52. The molecule has 3 rings (SSSR count). The largest absolute Gasteiger partial charge is 0.449 e. The van der Waals surface area contributed by atoms with Crippen LogP contribution in [0.25, 0.3) is 11.0 Å². The highest BCUT2D eigenvalue weighted by atomic mass is 32.2. The van der Waals surface area contributed by atoms with Crippen LogP contribution < -0.4 is 5.43 Å². The first-order valence-corrected chi connectivity index (χ1v) is 5.52. The first-order valence-electron chi connectivity index (χ1n) is 4.54. The van der Waals surface area contributed by atoms with Crippen LogP contribution in [-0.4, -0.2) is 5.75 Å². The van der Waals surface area contributed by atoms with E-state index < -0.39 is 0 Å². The molecule has 0 bridgehead atoms. The first kappa shape index (κ1) is 8.12. The summed E-state index contributed by atoms with van der Waals surface area (Å²) in [4.78, 5) is 11.9. The van der Waals surface area contributed by atoms with Crippen molar-refractivity contribution in [2.45, 2.75) is 11.5 Å². The van der Waals surface area contributed by atoms with Crippen molar-refractivity contribution in [2.24, 2.45) is 0 Å². The number of thioether (sulfide) groups is 1. The Balaban J connectivity index is 2.50. The minimum atomic E-state index is 0.145. The van der Waals surface area contributed by atoms with Crippen molar-refractivity contribution in [3.8, 4) is 0 Å². The Hall–Kier alpha value is -1.22. The van der Waals surface area contributed by atoms with Crippen LogP contribution in [0.4, 0.5) is 0 Å². The van der Waals surface area contributed by atoms with Gasteiger partial charge in [0.1, 0.15) is 5.58 Å². The van der Waals surface area contributed by atoms with Crippen LogP contribution in [0.15, 0.2) is 38.6 Å². The van der Waals surface area contributed by atoms with Gasteiger partial charge in [0.05, 0.1) is 10.9 Å². The fraction of sp³-hybridized carbons (Fsp3) is 0.182. The molecule has 0 radical (unpaired) electrons. The van der Waals surface area contributed by atoms with Gasteiger partial charge in [0.15, 0.2) is 10.5 Å². The molecule has 2 aromatic rings. The van der Waals surface area contributed by atoms with Gasteiger partial charge in [-0.05, 0) is 18.6 Å². The normalized spacial score (nSPS) is 14.6. The van der Waals surface area contributed by atoms with E-state index in [4.69, 9.17) is 4.42 Å². The molecule has 0 amide bonds. The van der Waals surface area contributed by atoms with Gasteiger partial charge in [0, 0.05) is 5.75 Å². The van der Waals surface area contributed by atoms with Crippen molar-refractivity contribution in [3.05, 3.63) is 40.1 Å². The molecule has 3 heteroatoms. The lowest BCUT2D eigenvalue weighted by Gasteiger charge is -1.99. The van der Waals surface area contributed by atoms with Gasteiger partial charge in [0.2, 0.25) is 0 Å². The lowest BCUT2D eigenvalue weighted by molar-refractivity contribution is 0.494. The SMILES string of the molecule is O=c1c2c(oc3ccccc13)SCC2. The van der Waals surface area contributed by atoms with Crippen LogP contribution in [0.1, 0.15) is 5.56 Å². The number of benzene rings is 1. The topological polar surface area (TPSA) is 30.2 Å². The zero-order valence-electron chi connectivity index (χ0n) is 7.45. The summed E-state index contributed by atoms with van der Waals surface area (Å²) in [5.41, 5.74) is 1.70. The van der Waals surface area contributed by atoms with E-state index in [9.17, 15) is 4.79 Å². The third-order valence-electron chi connectivity index (χ3n) is 2.44. The lowest BCUT2D eigenvalue weighted by Crippen LogP contribution is -2.07. The second-order valence-electron chi connectivity index (χ2n) is 3.29. The summed E-state index contributed by atoms with van der Waals surface area (Å²) in [6, 6.07) is 7.42. The van der Waals surface area contributed by atoms with Crippen LogP contribution in [0, 0.1) is 0 Å². The lowest BCUT2D eigenvalue weighted by atomic mass is 10.1. The molecule has 0 spiro atoms. The van der Waals surface area contributed by atoms with E-state index in [2.05, 4.69) is 0 Å². The van der Waals surface area contributed by atoms with Gasteiger partial charge in [0.25, 0.3) is 0 Å². The Labute approximate surface area is 84.9 Å². The maximum Gasteiger partial charge on any atom is 0.197 e. The molecule has 70 valence electrons. The molecule has 2 nitrogen and oxygen atoms in total. The summed E-state index contributed by atoms with van der Waals surface area (Å²) in [7, 11) is 0. The van der Waals surface area contributed by atoms with Gasteiger partial charge in [-0.2, -0.15) is 0 Å². The Morgan fingerprint density at radius 3 is 3.07 bits per heavy atom. The molecule has 0 fully saturated rings. The number of hydrogen-bond acceptors (Lipinski definition) is 3. The fourth-order valence-corrected chi connectivity index (χ4v) is 2.75. The molecule has 0 aliphatic carbocycles. The van der Waals surface area contributed by atoms with Crippen LogP contribution in [0.2, 0.25) is 0 Å². The molecule has 14 heavy (non-hydrogen) atoms.